The fourth-order valence-corrected chi connectivity index (χ4v) is 1.12. The van der Waals surface area contributed by atoms with Gasteiger partial charge in [0.25, 0.3) is 0 Å². The van der Waals surface area contributed by atoms with Gasteiger partial charge in [-0.15, -0.1) is 0 Å². The predicted octanol–water partition coefficient (Wildman–Crippen LogP) is 0.699. The van der Waals surface area contributed by atoms with Gasteiger partial charge in [0.15, 0.2) is 0 Å². The molecule has 0 fully saturated rings. The van der Waals surface area contributed by atoms with Gasteiger partial charge in [-0.2, -0.15) is 0 Å². The Labute approximate surface area is 88.9 Å². The molecule has 0 N–H and O–H groups in total. The molecule has 0 unspecified atom stereocenters. The average Bonchev–Trinajstić information content (AvgIpc) is 1.94. The number of benzene rings is 1. The van der Waals surface area contributed by atoms with Crippen molar-refractivity contribution in [2.24, 2.45) is 0 Å². The zero-order valence-electron chi connectivity index (χ0n) is 8.33. The van der Waals surface area contributed by atoms with Crippen LogP contribution in [0.2, 0.25) is 0 Å². The van der Waals surface area contributed by atoms with Gasteiger partial charge in [-0.1, -0.05) is 0 Å². The molecule has 12 heavy (non-hydrogen) atoms. The van der Waals surface area contributed by atoms with Crippen LogP contribution in [0, 0.1) is 6.92 Å². The number of hydrogen-bond acceptors (Lipinski definition) is 1. The third kappa shape index (κ3) is 8.08. The van der Waals surface area contributed by atoms with Crippen molar-refractivity contribution in [3.63, 3.8) is 0 Å². The molecule has 0 heterocycles. The van der Waals surface area contributed by atoms with Gasteiger partial charge in [-0.05, 0) is 21.1 Å². The molecule has 0 saturated heterocycles. The molecule has 0 aromatic heterocycles. The average molecular weight is 270 g/mol. The van der Waals surface area contributed by atoms with Crippen LogP contribution in [0.1, 0.15) is 5.56 Å². The Morgan fingerprint density at radius 1 is 1.00 bits per heavy atom. The normalized spacial score (nSPS) is 9.17. The van der Waals surface area contributed by atoms with Gasteiger partial charge in [-0.25, -0.2) is 0 Å². The molecular weight excluding hydrogens is 253 g/mol. The predicted molar refractivity (Wildman–Crippen MR) is 57.6 cm³/mol. The molecule has 0 aliphatic heterocycles. The molecule has 1 nitrogen and oxygen atoms in total. The standard InChI is InChI=1S/C7H7.C3H9N.Sn.H/c1-7-5-3-2-4-6-7;1-4(2)3;;/h3-6H,1H3;1-3H3;;. The molecule has 1 aromatic rings. The molecule has 0 saturated carbocycles. The third-order valence-corrected chi connectivity index (χ3v) is 2.18. The van der Waals surface area contributed by atoms with Crippen LogP contribution in [-0.2, 0) is 0 Å². The number of hydrogen-bond donors (Lipinski definition) is 0. The third-order valence-electron chi connectivity index (χ3n) is 1.08. The van der Waals surface area contributed by atoms with Crippen molar-refractivity contribution in [3.8, 4) is 0 Å². The summed E-state index contributed by atoms with van der Waals surface area (Å²) in [6.07, 6.45) is 0. The van der Waals surface area contributed by atoms with E-state index in [0.29, 0.717) is 0 Å². The van der Waals surface area contributed by atoms with Gasteiger partial charge < -0.3 is 4.90 Å². The van der Waals surface area contributed by atoms with Crippen LogP contribution in [0.4, 0.5) is 0 Å². The van der Waals surface area contributed by atoms with E-state index in [2.05, 4.69) is 31.2 Å². The molecule has 1 aromatic carbocycles. The Morgan fingerprint density at radius 2 is 1.33 bits per heavy atom. The van der Waals surface area contributed by atoms with Crippen molar-refractivity contribution in [3.05, 3.63) is 29.8 Å². The minimum absolute atomic E-state index is 1.23. The summed E-state index contributed by atoms with van der Waals surface area (Å²) in [6.45, 7) is 2.11. The zero-order chi connectivity index (χ0) is 9.56. The van der Waals surface area contributed by atoms with Gasteiger partial charge in [0.1, 0.15) is 0 Å². The van der Waals surface area contributed by atoms with E-state index in [0.717, 1.165) is 0 Å². The van der Waals surface area contributed by atoms with Crippen LogP contribution in [0.15, 0.2) is 24.3 Å². The first-order chi connectivity index (χ1) is 5.52. The van der Waals surface area contributed by atoms with Gasteiger partial charge in [0, 0.05) is 0 Å². The van der Waals surface area contributed by atoms with E-state index in [1.807, 2.05) is 26.0 Å². The Morgan fingerprint density at radius 3 is 1.58 bits per heavy atom. The fourth-order valence-electron chi connectivity index (χ4n) is 0.566. The second kappa shape index (κ2) is 6.49. The molecule has 66 valence electrons. The Hall–Kier alpha value is -0.0213. The first-order valence-electron chi connectivity index (χ1n) is 3.95. The molecule has 2 heteroatoms. The van der Waals surface area contributed by atoms with Gasteiger partial charge in [0.05, 0.1) is 0 Å². The first-order valence-corrected chi connectivity index (χ1v) is 5.60. The molecule has 0 bridgehead atoms. The molecule has 0 amide bonds. The van der Waals surface area contributed by atoms with Crippen molar-refractivity contribution < 1.29 is 0 Å². The summed E-state index contributed by atoms with van der Waals surface area (Å²) < 4.78 is 1.46. The van der Waals surface area contributed by atoms with Crippen LogP contribution in [0.3, 0.4) is 0 Å². The topological polar surface area (TPSA) is 3.24 Å². The molecular formula is C10H17NSn. The van der Waals surface area contributed by atoms with E-state index in [1.54, 1.807) is 0 Å². The van der Waals surface area contributed by atoms with E-state index < -0.39 is 0 Å². The van der Waals surface area contributed by atoms with E-state index in [4.69, 9.17) is 0 Å². The van der Waals surface area contributed by atoms with Crippen molar-refractivity contribution >= 4 is 26.1 Å². The van der Waals surface area contributed by atoms with Gasteiger partial charge >= 0.3 is 62.9 Å². The van der Waals surface area contributed by atoms with Crippen LogP contribution in [0.25, 0.3) is 0 Å². The summed E-state index contributed by atoms with van der Waals surface area (Å²) in [5.74, 6) is 0. The number of rotatable bonds is 0. The summed E-state index contributed by atoms with van der Waals surface area (Å²) in [5.41, 5.74) is 1.35. The van der Waals surface area contributed by atoms with Gasteiger partial charge in [0.2, 0.25) is 0 Å². The Bertz CT molecular complexity index is 180. The monoisotopic (exact) mass is 271 g/mol. The molecule has 2 radical (unpaired) electrons. The molecule has 0 aliphatic carbocycles. The quantitative estimate of drug-likeness (QED) is 0.627. The van der Waals surface area contributed by atoms with E-state index in [-0.39, 0.29) is 0 Å². The maximum atomic E-state index is 2.18. The van der Waals surface area contributed by atoms with Crippen molar-refractivity contribution in [1.29, 1.82) is 0 Å². The van der Waals surface area contributed by atoms with Crippen molar-refractivity contribution in [2.75, 3.05) is 21.1 Å². The van der Waals surface area contributed by atoms with E-state index >= 15 is 0 Å². The summed E-state index contributed by atoms with van der Waals surface area (Å²) >= 11 is 1.23. The first kappa shape index (κ1) is 12.0. The number of nitrogens with zero attached hydrogens (tertiary/aromatic N) is 1. The second-order valence-electron chi connectivity index (χ2n) is 3.25. The van der Waals surface area contributed by atoms with Crippen LogP contribution in [-0.4, -0.2) is 48.6 Å². The van der Waals surface area contributed by atoms with Gasteiger partial charge in [-0.3, -0.25) is 0 Å². The van der Waals surface area contributed by atoms with Crippen LogP contribution < -0.4 is 3.58 Å². The SMILES string of the molecule is CN(C)C.Cc1cc[c]([SnH])cc1. The number of aryl methyl sites for hydroxylation is 1. The summed E-state index contributed by atoms with van der Waals surface area (Å²) in [6, 6.07) is 8.66. The summed E-state index contributed by atoms with van der Waals surface area (Å²) in [7, 11) is 6.00. The Kier molecular flexibility index (Phi) is 6.48. The molecule has 1 rings (SSSR count). The van der Waals surface area contributed by atoms with Crippen molar-refractivity contribution in [2.45, 2.75) is 6.92 Å². The van der Waals surface area contributed by atoms with Crippen LogP contribution in [0.5, 0.6) is 0 Å². The second-order valence-corrected chi connectivity index (χ2v) is 5.16. The molecule has 0 spiro atoms. The summed E-state index contributed by atoms with van der Waals surface area (Å²) in [5, 5.41) is 0. The maximum absolute atomic E-state index is 2.18. The van der Waals surface area contributed by atoms with E-state index in [1.165, 1.54) is 31.7 Å². The van der Waals surface area contributed by atoms with E-state index in [9.17, 15) is 0 Å². The molecule has 0 atom stereocenters. The molecule has 0 aliphatic rings. The summed E-state index contributed by atoms with van der Waals surface area (Å²) in [4.78, 5) is 2.00. The minimum atomic E-state index is 1.23. The fraction of sp³-hybridized carbons (Fsp3) is 0.400. The van der Waals surface area contributed by atoms with Crippen molar-refractivity contribution in [1.82, 2.24) is 4.90 Å². The van der Waals surface area contributed by atoms with Crippen LogP contribution >= 0.6 is 0 Å². The Balaban J connectivity index is 0.000000261. The zero-order valence-corrected chi connectivity index (χ0v) is 11.6.